The summed E-state index contributed by atoms with van der Waals surface area (Å²) in [5.74, 6) is 1.17. The number of benzene rings is 2. The second kappa shape index (κ2) is 9.57. The first-order chi connectivity index (χ1) is 13.6. The van der Waals surface area contributed by atoms with Gasteiger partial charge in [-0.3, -0.25) is 4.79 Å². The molecule has 0 atom stereocenters. The van der Waals surface area contributed by atoms with Gasteiger partial charge in [-0.05, 0) is 49.7 Å². The van der Waals surface area contributed by atoms with E-state index in [2.05, 4.69) is 15.5 Å². The summed E-state index contributed by atoms with van der Waals surface area (Å²) in [6.45, 7) is 4.63. The van der Waals surface area contributed by atoms with Gasteiger partial charge in [-0.25, -0.2) is 0 Å². The molecule has 0 saturated heterocycles. The Hall–Kier alpha value is -2.58. The van der Waals surface area contributed by atoms with E-state index >= 15 is 0 Å². The predicted octanol–water partition coefficient (Wildman–Crippen LogP) is 4.74. The zero-order valence-electron chi connectivity index (χ0n) is 16.0. The van der Waals surface area contributed by atoms with Crippen molar-refractivity contribution in [3.63, 3.8) is 0 Å². The molecule has 1 heterocycles. The number of rotatable bonds is 8. The highest BCUT2D eigenvalue weighted by atomic mass is 32.2. The van der Waals surface area contributed by atoms with Gasteiger partial charge in [0.25, 0.3) is 0 Å². The first kappa shape index (κ1) is 20.2. The fourth-order valence-electron chi connectivity index (χ4n) is 2.67. The molecule has 0 saturated carbocycles. The summed E-state index contributed by atoms with van der Waals surface area (Å²) in [5, 5.41) is 12.2. The maximum absolute atomic E-state index is 12.7. The SMILES string of the molecule is CCN(C(=O)CSc1nnc(Nc2ccc(OC)cc2)s1)c1ccccc1C. The highest BCUT2D eigenvalue weighted by molar-refractivity contribution is 8.01. The van der Waals surface area contributed by atoms with E-state index in [0.717, 1.165) is 27.0 Å². The van der Waals surface area contributed by atoms with Crippen molar-refractivity contribution in [2.24, 2.45) is 0 Å². The van der Waals surface area contributed by atoms with Gasteiger partial charge in [-0.15, -0.1) is 10.2 Å². The first-order valence-corrected chi connectivity index (χ1v) is 10.6. The van der Waals surface area contributed by atoms with Gasteiger partial charge in [0.1, 0.15) is 5.75 Å². The maximum atomic E-state index is 12.7. The number of para-hydroxylation sites is 1. The third-order valence-corrected chi connectivity index (χ3v) is 6.05. The van der Waals surface area contributed by atoms with Crippen LogP contribution in [-0.2, 0) is 4.79 Å². The average molecular weight is 415 g/mol. The van der Waals surface area contributed by atoms with E-state index in [1.807, 2.05) is 62.4 Å². The molecule has 2 aromatic carbocycles. The molecule has 1 N–H and O–H groups in total. The quantitative estimate of drug-likeness (QED) is 0.537. The molecule has 0 unspecified atom stereocenters. The Morgan fingerprint density at radius 1 is 1.18 bits per heavy atom. The highest BCUT2D eigenvalue weighted by Crippen LogP contribution is 2.29. The van der Waals surface area contributed by atoms with Crippen LogP contribution >= 0.6 is 23.1 Å². The molecule has 8 heteroatoms. The largest absolute Gasteiger partial charge is 0.497 e. The van der Waals surface area contributed by atoms with Gasteiger partial charge in [0, 0.05) is 17.9 Å². The Balaban J connectivity index is 1.58. The van der Waals surface area contributed by atoms with Crippen LogP contribution in [0.4, 0.5) is 16.5 Å². The van der Waals surface area contributed by atoms with Gasteiger partial charge >= 0.3 is 0 Å². The monoisotopic (exact) mass is 414 g/mol. The minimum absolute atomic E-state index is 0.0571. The van der Waals surface area contributed by atoms with Crippen molar-refractivity contribution >= 4 is 45.5 Å². The molecular weight excluding hydrogens is 392 g/mol. The molecule has 0 radical (unpaired) electrons. The molecule has 0 aliphatic heterocycles. The minimum atomic E-state index is 0.0571. The van der Waals surface area contributed by atoms with Gasteiger partial charge < -0.3 is 15.0 Å². The summed E-state index contributed by atoms with van der Waals surface area (Å²) in [4.78, 5) is 14.5. The van der Waals surface area contributed by atoms with Crippen molar-refractivity contribution in [3.05, 3.63) is 54.1 Å². The van der Waals surface area contributed by atoms with Crippen molar-refractivity contribution in [3.8, 4) is 5.75 Å². The molecule has 1 amide bonds. The summed E-state index contributed by atoms with van der Waals surface area (Å²) < 4.78 is 5.91. The number of hydrogen-bond acceptors (Lipinski definition) is 7. The van der Waals surface area contributed by atoms with E-state index in [9.17, 15) is 4.79 Å². The van der Waals surface area contributed by atoms with Crippen LogP contribution in [0.1, 0.15) is 12.5 Å². The molecule has 1 aromatic heterocycles. The number of hydrogen-bond donors (Lipinski definition) is 1. The Bertz CT molecular complexity index is 928. The number of carbonyl (C=O) groups is 1. The Kier molecular flexibility index (Phi) is 6.89. The highest BCUT2D eigenvalue weighted by Gasteiger charge is 2.17. The third kappa shape index (κ3) is 5.02. The average Bonchev–Trinajstić information content (AvgIpc) is 3.16. The van der Waals surface area contributed by atoms with E-state index in [1.165, 1.54) is 23.1 Å². The maximum Gasteiger partial charge on any atom is 0.237 e. The molecule has 0 bridgehead atoms. The summed E-state index contributed by atoms with van der Waals surface area (Å²) >= 11 is 2.83. The van der Waals surface area contributed by atoms with Crippen LogP contribution in [-0.4, -0.2) is 35.5 Å². The lowest BCUT2D eigenvalue weighted by Gasteiger charge is -2.22. The van der Waals surface area contributed by atoms with Gasteiger partial charge in [-0.1, -0.05) is 41.3 Å². The van der Waals surface area contributed by atoms with E-state index < -0.39 is 0 Å². The fourth-order valence-corrected chi connectivity index (χ4v) is 4.31. The second-order valence-corrected chi connectivity index (χ2v) is 8.14. The summed E-state index contributed by atoms with van der Waals surface area (Å²) in [5.41, 5.74) is 2.95. The van der Waals surface area contributed by atoms with Crippen LogP contribution in [0.25, 0.3) is 0 Å². The molecule has 146 valence electrons. The van der Waals surface area contributed by atoms with Crippen molar-refractivity contribution in [1.82, 2.24) is 10.2 Å². The molecule has 0 aliphatic carbocycles. The van der Waals surface area contributed by atoms with Crippen LogP contribution in [0.2, 0.25) is 0 Å². The minimum Gasteiger partial charge on any atom is -0.497 e. The molecule has 28 heavy (non-hydrogen) atoms. The Morgan fingerprint density at radius 2 is 1.93 bits per heavy atom. The van der Waals surface area contributed by atoms with Crippen molar-refractivity contribution in [1.29, 1.82) is 0 Å². The van der Waals surface area contributed by atoms with E-state index in [-0.39, 0.29) is 5.91 Å². The molecule has 0 spiro atoms. The number of thioether (sulfide) groups is 1. The summed E-state index contributed by atoms with van der Waals surface area (Å²) in [6, 6.07) is 15.5. The van der Waals surface area contributed by atoms with Gasteiger partial charge in [0.15, 0.2) is 4.34 Å². The Morgan fingerprint density at radius 3 is 2.61 bits per heavy atom. The standard InChI is InChI=1S/C20H22N4O2S2/c1-4-24(17-8-6-5-7-14(17)2)18(25)13-27-20-23-22-19(28-20)21-15-9-11-16(26-3)12-10-15/h5-12H,4,13H2,1-3H3,(H,21,22). The number of aryl methyl sites for hydroxylation is 1. The number of nitrogens with one attached hydrogen (secondary N) is 1. The van der Waals surface area contributed by atoms with Crippen LogP contribution in [0, 0.1) is 6.92 Å². The van der Waals surface area contributed by atoms with E-state index in [1.54, 1.807) is 12.0 Å². The van der Waals surface area contributed by atoms with Crippen LogP contribution in [0.15, 0.2) is 52.9 Å². The molecular formula is C20H22N4O2S2. The van der Waals surface area contributed by atoms with Gasteiger partial charge in [0.05, 0.1) is 12.9 Å². The molecule has 0 aliphatic rings. The lowest BCUT2D eigenvalue weighted by Crippen LogP contribution is -2.32. The smallest absolute Gasteiger partial charge is 0.237 e. The van der Waals surface area contributed by atoms with Crippen LogP contribution in [0.3, 0.4) is 0 Å². The predicted molar refractivity (Wildman–Crippen MR) is 116 cm³/mol. The Labute approximate surface area is 172 Å². The van der Waals surface area contributed by atoms with Crippen LogP contribution in [0.5, 0.6) is 5.75 Å². The number of carbonyl (C=O) groups excluding carboxylic acids is 1. The lowest BCUT2D eigenvalue weighted by atomic mass is 10.2. The van der Waals surface area contributed by atoms with E-state index in [4.69, 9.17) is 4.74 Å². The fraction of sp³-hybridized carbons (Fsp3) is 0.250. The van der Waals surface area contributed by atoms with Gasteiger partial charge in [0.2, 0.25) is 11.0 Å². The number of aromatic nitrogens is 2. The van der Waals surface area contributed by atoms with Gasteiger partial charge in [-0.2, -0.15) is 0 Å². The number of methoxy groups -OCH3 is 1. The van der Waals surface area contributed by atoms with Crippen molar-refractivity contribution in [2.75, 3.05) is 29.6 Å². The molecule has 3 aromatic rings. The van der Waals surface area contributed by atoms with Crippen molar-refractivity contribution < 1.29 is 9.53 Å². The number of anilines is 3. The normalized spacial score (nSPS) is 10.5. The van der Waals surface area contributed by atoms with Crippen molar-refractivity contribution in [2.45, 2.75) is 18.2 Å². The summed E-state index contributed by atoms with van der Waals surface area (Å²) in [6.07, 6.45) is 0. The summed E-state index contributed by atoms with van der Waals surface area (Å²) in [7, 11) is 1.64. The second-order valence-electron chi connectivity index (χ2n) is 5.94. The molecule has 6 nitrogen and oxygen atoms in total. The molecule has 3 rings (SSSR count). The zero-order valence-corrected chi connectivity index (χ0v) is 17.6. The molecule has 0 fully saturated rings. The third-order valence-electron chi connectivity index (χ3n) is 4.09. The topological polar surface area (TPSA) is 67.4 Å². The first-order valence-electron chi connectivity index (χ1n) is 8.84. The van der Waals surface area contributed by atoms with E-state index in [0.29, 0.717) is 17.4 Å². The number of ether oxygens (including phenoxy) is 1. The lowest BCUT2D eigenvalue weighted by molar-refractivity contribution is -0.116. The van der Waals surface area contributed by atoms with Crippen LogP contribution < -0.4 is 15.0 Å². The number of nitrogens with zero attached hydrogens (tertiary/aromatic N) is 3. The number of amides is 1. The zero-order chi connectivity index (χ0) is 19.9.